The standard InChI is InChI=1S/C26H28N2O/c1-20-10-9-15-24(21(20)2)27-16-18-28(19-17-27)26(29)25(22-11-5-3-6-12-22)23-13-7-4-8-14-23/h3-15,25H,16-19H2,1-2H3. The summed E-state index contributed by atoms with van der Waals surface area (Å²) in [5, 5.41) is 0. The van der Waals surface area contributed by atoms with Crippen LogP contribution in [-0.2, 0) is 4.79 Å². The summed E-state index contributed by atoms with van der Waals surface area (Å²) in [6.07, 6.45) is 0. The van der Waals surface area contributed by atoms with E-state index in [4.69, 9.17) is 0 Å². The van der Waals surface area contributed by atoms with Crippen LogP contribution in [0.25, 0.3) is 0 Å². The number of hydrogen-bond donors (Lipinski definition) is 0. The lowest BCUT2D eigenvalue weighted by atomic mass is 9.90. The van der Waals surface area contributed by atoms with Crippen molar-refractivity contribution in [3.8, 4) is 0 Å². The number of carbonyl (C=O) groups excluding carboxylic acids is 1. The van der Waals surface area contributed by atoms with Gasteiger partial charge in [-0.25, -0.2) is 0 Å². The Morgan fingerprint density at radius 2 is 1.28 bits per heavy atom. The third-order valence-corrected chi connectivity index (χ3v) is 6.02. The van der Waals surface area contributed by atoms with Gasteiger partial charge in [0.1, 0.15) is 0 Å². The minimum atomic E-state index is -0.246. The summed E-state index contributed by atoms with van der Waals surface area (Å²) in [5.74, 6) is -0.0485. The summed E-state index contributed by atoms with van der Waals surface area (Å²) < 4.78 is 0. The molecule has 1 aliphatic rings. The molecular weight excluding hydrogens is 356 g/mol. The van der Waals surface area contributed by atoms with Crippen molar-refractivity contribution in [1.29, 1.82) is 0 Å². The Morgan fingerprint density at radius 1 is 0.724 bits per heavy atom. The van der Waals surface area contributed by atoms with Crippen LogP contribution in [-0.4, -0.2) is 37.0 Å². The number of piperazine rings is 1. The van der Waals surface area contributed by atoms with Crippen LogP contribution in [0.15, 0.2) is 78.9 Å². The van der Waals surface area contributed by atoms with Gasteiger partial charge < -0.3 is 9.80 Å². The van der Waals surface area contributed by atoms with Crippen molar-refractivity contribution in [1.82, 2.24) is 4.90 Å². The van der Waals surface area contributed by atoms with Gasteiger partial charge in [0.05, 0.1) is 5.92 Å². The van der Waals surface area contributed by atoms with Crippen LogP contribution < -0.4 is 4.90 Å². The number of benzene rings is 3. The Balaban J connectivity index is 1.53. The van der Waals surface area contributed by atoms with Crippen molar-refractivity contribution in [2.45, 2.75) is 19.8 Å². The molecule has 0 bridgehead atoms. The number of amides is 1. The first-order valence-corrected chi connectivity index (χ1v) is 10.3. The van der Waals surface area contributed by atoms with Crippen LogP contribution in [0, 0.1) is 13.8 Å². The fourth-order valence-electron chi connectivity index (χ4n) is 4.20. The maximum Gasteiger partial charge on any atom is 0.234 e. The highest BCUT2D eigenvalue weighted by atomic mass is 16.2. The molecule has 29 heavy (non-hydrogen) atoms. The Kier molecular flexibility index (Phi) is 5.66. The summed E-state index contributed by atoms with van der Waals surface area (Å²) in [6.45, 7) is 7.58. The smallest absolute Gasteiger partial charge is 0.234 e. The van der Waals surface area contributed by atoms with Crippen molar-refractivity contribution in [3.05, 3.63) is 101 Å². The molecule has 0 radical (unpaired) electrons. The lowest BCUT2D eigenvalue weighted by molar-refractivity contribution is -0.132. The highest BCUT2D eigenvalue weighted by Crippen LogP contribution is 2.29. The number of hydrogen-bond acceptors (Lipinski definition) is 2. The minimum Gasteiger partial charge on any atom is -0.368 e. The van der Waals surface area contributed by atoms with Crippen LogP contribution in [0.2, 0.25) is 0 Å². The molecule has 0 saturated carbocycles. The quantitative estimate of drug-likeness (QED) is 0.646. The predicted octanol–water partition coefficient (Wildman–Crippen LogP) is 4.78. The summed E-state index contributed by atoms with van der Waals surface area (Å²) in [7, 11) is 0. The number of carbonyl (C=O) groups is 1. The highest BCUT2D eigenvalue weighted by molar-refractivity contribution is 5.87. The summed E-state index contributed by atoms with van der Waals surface area (Å²) in [5.41, 5.74) is 6.05. The molecule has 3 aromatic rings. The maximum absolute atomic E-state index is 13.6. The first kappa shape index (κ1) is 19.3. The van der Waals surface area contributed by atoms with Crippen LogP contribution in [0.5, 0.6) is 0 Å². The lowest BCUT2D eigenvalue weighted by Crippen LogP contribution is -2.50. The first-order valence-electron chi connectivity index (χ1n) is 10.3. The Morgan fingerprint density at radius 3 is 1.83 bits per heavy atom. The van der Waals surface area contributed by atoms with Crippen LogP contribution in [0.1, 0.15) is 28.2 Å². The van der Waals surface area contributed by atoms with E-state index in [-0.39, 0.29) is 11.8 Å². The molecule has 4 rings (SSSR count). The normalized spacial score (nSPS) is 14.3. The Labute approximate surface area is 173 Å². The van der Waals surface area contributed by atoms with E-state index in [0.29, 0.717) is 0 Å². The molecule has 0 unspecified atom stereocenters. The molecule has 0 spiro atoms. The van der Waals surface area contributed by atoms with E-state index < -0.39 is 0 Å². The second-order valence-corrected chi connectivity index (χ2v) is 7.79. The molecule has 1 heterocycles. The molecule has 0 atom stereocenters. The monoisotopic (exact) mass is 384 g/mol. The van der Waals surface area contributed by atoms with Gasteiger partial charge in [-0.2, -0.15) is 0 Å². The molecule has 0 N–H and O–H groups in total. The highest BCUT2D eigenvalue weighted by Gasteiger charge is 2.30. The fraction of sp³-hybridized carbons (Fsp3) is 0.269. The van der Waals surface area contributed by atoms with Gasteiger partial charge in [0, 0.05) is 31.9 Å². The van der Waals surface area contributed by atoms with Crippen LogP contribution in [0.3, 0.4) is 0 Å². The molecule has 148 valence electrons. The van der Waals surface area contributed by atoms with Gasteiger partial charge in [-0.1, -0.05) is 72.8 Å². The summed E-state index contributed by atoms with van der Waals surface area (Å²) >= 11 is 0. The van der Waals surface area contributed by atoms with Gasteiger partial charge in [0.2, 0.25) is 5.91 Å². The lowest BCUT2D eigenvalue weighted by Gasteiger charge is -2.38. The average molecular weight is 385 g/mol. The zero-order valence-electron chi connectivity index (χ0n) is 17.2. The SMILES string of the molecule is Cc1cccc(N2CCN(C(=O)C(c3ccccc3)c3ccccc3)CC2)c1C. The van der Waals surface area contributed by atoms with E-state index in [0.717, 1.165) is 37.3 Å². The van der Waals surface area contributed by atoms with E-state index in [1.807, 2.05) is 41.3 Å². The van der Waals surface area contributed by atoms with Crippen LogP contribution in [0.4, 0.5) is 5.69 Å². The van der Waals surface area contributed by atoms with Crippen molar-refractivity contribution in [2.24, 2.45) is 0 Å². The van der Waals surface area contributed by atoms with Gasteiger partial charge in [0.25, 0.3) is 0 Å². The van der Waals surface area contributed by atoms with E-state index in [2.05, 4.69) is 61.2 Å². The van der Waals surface area contributed by atoms with Crippen molar-refractivity contribution >= 4 is 11.6 Å². The van der Waals surface area contributed by atoms with E-state index in [1.165, 1.54) is 16.8 Å². The summed E-state index contributed by atoms with van der Waals surface area (Å²) in [4.78, 5) is 18.0. The van der Waals surface area contributed by atoms with Crippen molar-refractivity contribution in [2.75, 3.05) is 31.1 Å². The molecule has 3 nitrogen and oxygen atoms in total. The molecule has 0 aromatic heterocycles. The molecule has 1 fully saturated rings. The van der Waals surface area contributed by atoms with Crippen LogP contribution >= 0.6 is 0 Å². The minimum absolute atomic E-state index is 0.197. The second-order valence-electron chi connectivity index (χ2n) is 7.79. The van der Waals surface area contributed by atoms with Gasteiger partial charge in [-0.3, -0.25) is 4.79 Å². The van der Waals surface area contributed by atoms with E-state index in [9.17, 15) is 4.79 Å². The predicted molar refractivity (Wildman–Crippen MR) is 119 cm³/mol. The van der Waals surface area contributed by atoms with Crippen molar-refractivity contribution in [3.63, 3.8) is 0 Å². The number of anilines is 1. The third kappa shape index (κ3) is 4.04. The molecule has 1 amide bonds. The van der Waals surface area contributed by atoms with E-state index >= 15 is 0 Å². The molecular formula is C26H28N2O. The first-order chi connectivity index (χ1) is 14.1. The number of rotatable bonds is 4. The van der Waals surface area contributed by atoms with Crippen molar-refractivity contribution < 1.29 is 4.79 Å². The Bertz CT molecular complexity index is 921. The summed E-state index contributed by atoms with van der Waals surface area (Å²) in [6, 6.07) is 26.7. The molecule has 1 saturated heterocycles. The zero-order valence-corrected chi connectivity index (χ0v) is 17.2. The van der Waals surface area contributed by atoms with Gasteiger partial charge in [-0.05, 0) is 42.2 Å². The average Bonchev–Trinajstić information content (AvgIpc) is 2.77. The van der Waals surface area contributed by atoms with Gasteiger partial charge in [-0.15, -0.1) is 0 Å². The zero-order chi connectivity index (χ0) is 20.2. The third-order valence-electron chi connectivity index (χ3n) is 6.02. The number of nitrogens with zero attached hydrogens (tertiary/aromatic N) is 2. The number of aryl methyl sites for hydroxylation is 1. The fourth-order valence-corrected chi connectivity index (χ4v) is 4.20. The van der Waals surface area contributed by atoms with E-state index in [1.54, 1.807) is 0 Å². The van der Waals surface area contributed by atoms with Gasteiger partial charge in [0.15, 0.2) is 0 Å². The molecule has 3 aromatic carbocycles. The Hall–Kier alpha value is -3.07. The maximum atomic E-state index is 13.6. The molecule has 1 aliphatic heterocycles. The molecule has 3 heteroatoms. The van der Waals surface area contributed by atoms with Gasteiger partial charge >= 0.3 is 0 Å². The topological polar surface area (TPSA) is 23.6 Å². The molecule has 0 aliphatic carbocycles. The largest absolute Gasteiger partial charge is 0.368 e. The second kappa shape index (κ2) is 8.52.